The van der Waals surface area contributed by atoms with Crippen LogP contribution in [0.4, 0.5) is 5.82 Å². The summed E-state index contributed by atoms with van der Waals surface area (Å²) in [5, 5.41) is 0. The molecule has 0 spiro atoms. The molecule has 2 rings (SSSR count). The molecule has 5 nitrogen and oxygen atoms in total. The second kappa shape index (κ2) is 6.20. The van der Waals surface area contributed by atoms with E-state index in [1.54, 1.807) is 24.0 Å². The molecule has 0 saturated carbocycles. The maximum atomic E-state index is 12.0. The minimum Gasteiger partial charge on any atom is -0.351 e. The number of rotatable bonds is 3. The standard InChI is InChI=1S/C12H19ClN4O/c1-15-8-4-14-11(12(15)18)17-6-2-5-16(7-3-13)9-10-17/h4,8H,2-3,5-7,9-10H2,1H3. The summed E-state index contributed by atoms with van der Waals surface area (Å²) in [4.78, 5) is 20.6. The summed E-state index contributed by atoms with van der Waals surface area (Å²) in [6.45, 7) is 4.60. The fourth-order valence-corrected chi connectivity index (χ4v) is 2.47. The van der Waals surface area contributed by atoms with E-state index in [0.29, 0.717) is 11.7 Å². The topological polar surface area (TPSA) is 41.4 Å². The van der Waals surface area contributed by atoms with E-state index in [1.807, 2.05) is 0 Å². The first-order chi connectivity index (χ1) is 8.72. The number of hydrogen-bond donors (Lipinski definition) is 0. The molecule has 0 aliphatic carbocycles. The van der Waals surface area contributed by atoms with Crippen molar-refractivity contribution in [1.29, 1.82) is 0 Å². The van der Waals surface area contributed by atoms with Crippen LogP contribution in [-0.4, -0.2) is 53.1 Å². The summed E-state index contributed by atoms with van der Waals surface area (Å²) in [6.07, 6.45) is 4.40. The third-order valence-corrected chi connectivity index (χ3v) is 3.46. The molecule has 0 amide bonds. The molecule has 1 aliphatic rings. The molecule has 0 bridgehead atoms. The first-order valence-corrected chi connectivity index (χ1v) is 6.80. The Morgan fingerprint density at radius 2 is 2.17 bits per heavy atom. The van der Waals surface area contributed by atoms with Crippen molar-refractivity contribution in [3.8, 4) is 0 Å². The maximum Gasteiger partial charge on any atom is 0.293 e. The van der Waals surface area contributed by atoms with Crippen LogP contribution in [0.25, 0.3) is 0 Å². The number of alkyl halides is 1. The van der Waals surface area contributed by atoms with Gasteiger partial charge in [0.05, 0.1) is 0 Å². The number of anilines is 1. The lowest BCUT2D eigenvalue weighted by atomic mass is 10.4. The first kappa shape index (κ1) is 13.4. The predicted octanol–water partition coefficient (Wildman–Crippen LogP) is 0.531. The van der Waals surface area contributed by atoms with Gasteiger partial charge in [0.1, 0.15) is 0 Å². The molecular formula is C12H19ClN4O. The lowest BCUT2D eigenvalue weighted by Crippen LogP contribution is -2.36. The number of aryl methyl sites for hydroxylation is 1. The zero-order chi connectivity index (χ0) is 13.0. The molecule has 100 valence electrons. The maximum absolute atomic E-state index is 12.0. The third kappa shape index (κ3) is 3.03. The lowest BCUT2D eigenvalue weighted by molar-refractivity contribution is 0.311. The monoisotopic (exact) mass is 270 g/mol. The Labute approximate surface area is 112 Å². The van der Waals surface area contributed by atoms with E-state index in [9.17, 15) is 4.79 Å². The van der Waals surface area contributed by atoms with Gasteiger partial charge in [-0.3, -0.25) is 4.79 Å². The highest BCUT2D eigenvalue weighted by Crippen LogP contribution is 2.09. The molecule has 0 aromatic carbocycles. The van der Waals surface area contributed by atoms with Crippen molar-refractivity contribution in [2.24, 2.45) is 7.05 Å². The zero-order valence-electron chi connectivity index (χ0n) is 10.7. The Morgan fingerprint density at radius 3 is 2.94 bits per heavy atom. The zero-order valence-corrected chi connectivity index (χ0v) is 11.4. The van der Waals surface area contributed by atoms with Crippen LogP contribution in [0, 0.1) is 0 Å². The number of hydrogen-bond acceptors (Lipinski definition) is 4. The van der Waals surface area contributed by atoms with E-state index >= 15 is 0 Å². The van der Waals surface area contributed by atoms with Crippen LogP contribution in [0.2, 0.25) is 0 Å². The molecule has 0 radical (unpaired) electrons. The van der Waals surface area contributed by atoms with Crippen LogP contribution in [-0.2, 0) is 7.05 Å². The van der Waals surface area contributed by atoms with E-state index in [1.165, 1.54) is 0 Å². The average Bonchev–Trinajstić information content (AvgIpc) is 2.59. The van der Waals surface area contributed by atoms with Crippen LogP contribution in [0.3, 0.4) is 0 Å². The quantitative estimate of drug-likeness (QED) is 0.752. The summed E-state index contributed by atoms with van der Waals surface area (Å²) < 4.78 is 1.57. The van der Waals surface area contributed by atoms with Gasteiger partial charge in [-0.05, 0) is 13.0 Å². The average molecular weight is 271 g/mol. The molecule has 0 unspecified atom stereocenters. The van der Waals surface area contributed by atoms with E-state index in [-0.39, 0.29) is 5.56 Å². The molecule has 1 fully saturated rings. The number of aromatic nitrogens is 2. The Kier molecular flexibility index (Phi) is 4.60. The van der Waals surface area contributed by atoms with Gasteiger partial charge in [-0.25, -0.2) is 4.98 Å². The summed E-state index contributed by atoms with van der Waals surface area (Å²) in [5.74, 6) is 1.22. The number of nitrogens with zero attached hydrogens (tertiary/aromatic N) is 4. The molecule has 0 atom stereocenters. The van der Waals surface area contributed by atoms with Gasteiger partial charge in [-0.2, -0.15) is 0 Å². The Hall–Kier alpha value is -1.07. The van der Waals surface area contributed by atoms with Gasteiger partial charge < -0.3 is 14.4 Å². The van der Waals surface area contributed by atoms with Crippen molar-refractivity contribution in [3.63, 3.8) is 0 Å². The highest BCUT2D eigenvalue weighted by atomic mass is 35.5. The van der Waals surface area contributed by atoms with Crippen molar-refractivity contribution in [3.05, 3.63) is 22.7 Å². The molecule has 2 heterocycles. The van der Waals surface area contributed by atoms with Gasteiger partial charge in [0.2, 0.25) is 0 Å². The van der Waals surface area contributed by atoms with Gasteiger partial charge in [-0.1, -0.05) is 0 Å². The van der Waals surface area contributed by atoms with Gasteiger partial charge in [-0.15, -0.1) is 11.6 Å². The van der Waals surface area contributed by atoms with Crippen LogP contribution >= 0.6 is 11.6 Å². The third-order valence-electron chi connectivity index (χ3n) is 3.29. The SMILES string of the molecule is Cn1ccnc(N2CCCN(CCCl)CC2)c1=O. The van der Waals surface area contributed by atoms with Crippen LogP contribution in [0.5, 0.6) is 0 Å². The second-order valence-corrected chi connectivity index (χ2v) is 4.92. The largest absolute Gasteiger partial charge is 0.351 e. The Balaban J connectivity index is 2.10. The van der Waals surface area contributed by atoms with Gasteiger partial charge in [0.25, 0.3) is 5.56 Å². The predicted molar refractivity (Wildman–Crippen MR) is 73.5 cm³/mol. The summed E-state index contributed by atoms with van der Waals surface area (Å²) in [7, 11) is 1.76. The van der Waals surface area contributed by atoms with Crippen LogP contribution in [0.15, 0.2) is 17.2 Å². The fourth-order valence-electron chi connectivity index (χ4n) is 2.23. The van der Waals surface area contributed by atoms with Gasteiger partial charge in [0, 0.05) is 51.5 Å². The highest BCUT2D eigenvalue weighted by molar-refractivity contribution is 6.18. The second-order valence-electron chi connectivity index (χ2n) is 4.54. The Morgan fingerprint density at radius 1 is 1.33 bits per heavy atom. The Bertz CT molecular complexity index is 448. The molecular weight excluding hydrogens is 252 g/mol. The van der Waals surface area contributed by atoms with Gasteiger partial charge in [0.15, 0.2) is 5.82 Å². The molecule has 1 aromatic rings. The molecule has 18 heavy (non-hydrogen) atoms. The lowest BCUT2D eigenvalue weighted by Gasteiger charge is -2.21. The summed E-state index contributed by atoms with van der Waals surface area (Å²) in [5.41, 5.74) is -0.0247. The normalized spacial score (nSPS) is 17.8. The van der Waals surface area contributed by atoms with Crippen LogP contribution < -0.4 is 10.5 Å². The van der Waals surface area contributed by atoms with E-state index < -0.39 is 0 Å². The summed E-state index contributed by atoms with van der Waals surface area (Å²) >= 11 is 5.77. The van der Waals surface area contributed by atoms with Crippen molar-refractivity contribution in [2.75, 3.05) is 43.5 Å². The first-order valence-electron chi connectivity index (χ1n) is 6.27. The molecule has 6 heteroatoms. The van der Waals surface area contributed by atoms with Crippen molar-refractivity contribution in [2.45, 2.75) is 6.42 Å². The van der Waals surface area contributed by atoms with Crippen molar-refractivity contribution >= 4 is 17.4 Å². The minimum atomic E-state index is -0.0247. The van der Waals surface area contributed by atoms with E-state index in [2.05, 4.69) is 14.8 Å². The summed E-state index contributed by atoms with van der Waals surface area (Å²) in [6, 6.07) is 0. The number of halogens is 1. The molecule has 0 N–H and O–H groups in total. The van der Waals surface area contributed by atoms with Crippen molar-refractivity contribution in [1.82, 2.24) is 14.5 Å². The van der Waals surface area contributed by atoms with Crippen LogP contribution in [0.1, 0.15) is 6.42 Å². The fraction of sp³-hybridized carbons (Fsp3) is 0.667. The van der Waals surface area contributed by atoms with Crippen molar-refractivity contribution < 1.29 is 0 Å². The van der Waals surface area contributed by atoms with E-state index in [4.69, 9.17) is 11.6 Å². The molecule has 1 saturated heterocycles. The smallest absolute Gasteiger partial charge is 0.293 e. The van der Waals surface area contributed by atoms with E-state index in [0.717, 1.165) is 39.1 Å². The van der Waals surface area contributed by atoms with Gasteiger partial charge >= 0.3 is 0 Å². The highest BCUT2D eigenvalue weighted by Gasteiger charge is 2.17. The molecule has 1 aliphatic heterocycles. The minimum absolute atomic E-state index is 0.0247. The molecule has 1 aromatic heterocycles.